The van der Waals surface area contributed by atoms with Crippen LogP contribution in [0.15, 0.2) is 48.5 Å². The van der Waals surface area contributed by atoms with E-state index in [1.165, 1.54) is 6.07 Å². The second-order valence-corrected chi connectivity index (χ2v) is 4.68. The fourth-order valence-corrected chi connectivity index (χ4v) is 1.87. The smallest absolute Gasteiger partial charge is 0.234 e. The normalized spacial score (nSPS) is 12.1. The van der Waals surface area contributed by atoms with Gasteiger partial charge in [0, 0.05) is 12.1 Å². The van der Waals surface area contributed by atoms with Crippen LogP contribution in [0.3, 0.4) is 0 Å². The molecule has 0 heterocycles. The summed E-state index contributed by atoms with van der Waals surface area (Å²) in [6.07, 6.45) is 0. The van der Waals surface area contributed by atoms with E-state index in [-0.39, 0.29) is 17.8 Å². The average Bonchev–Trinajstić information content (AvgIpc) is 2.46. The van der Waals surface area contributed by atoms with Crippen molar-refractivity contribution in [1.29, 1.82) is 0 Å². The zero-order valence-corrected chi connectivity index (χ0v) is 11.3. The summed E-state index contributed by atoms with van der Waals surface area (Å²) in [5.41, 5.74) is 7.60. The van der Waals surface area contributed by atoms with Crippen LogP contribution in [0.1, 0.15) is 12.5 Å². The quantitative estimate of drug-likeness (QED) is 0.878. The predicted octanol–water partition coefficient (Wildman–Crippen LogP) is 2.46. The molecular weight excluding hydrogens is 255 g/mol. The number of carbonyl (C=O) groups is 1. The Hall–Kier alpha value is -2.20. The van der Waals surface area contributed by atoms with E-state index >= 15 is 0 Å². The first-order valence-corrected chi connectivity index (χ1v) is 6.44. The lowest BCUT2D eigenvalue weighted by Gasteiger charge is -2.10. The van der Waals surface area contributed by atoms with E-state index in [0.717, 1.165) is 11.1 Å². The highest BCUT2D eigenvalue weighted by molar-refractivity contribution is 5.79. The molecule has 2 rings (SSSR count). The minimum absolute atomic E-state index is 0.235. The van der Waals surface area contributed by atoms with Crippen molar-refractivity contribution in [2.45, 2.75) is 19.5 Å². The van der Waals surface area contributed by atoms with Gasteiger partial charge < -0.3 is 11.1 Å². The zero-order chi connectivity index (χ0) is 14.5. The van der Waals surface area contributed by atoms with E-state index in [1.807, 2.05) is 30.3 Å². The van der Waals surface area contributed by atoms with Crippen molar-refractivity contribution in [2.24, 2.45) is 5.73 Å². The Labute approximate surface area is 117 Å². The van der Waals surface area contributed by atoms with Crippen LogP contribution in [0, 0.1) is 5.82 Å². The molecular formula is C16H17FN2O. The van der Waals surface area contributed by atoms with Gasteiger partial charge in [0.05, 0.1) is 6.04 Å². The van der Waals surface area contributed by atoms with Crippen molar-refractivity contribution < 1.29 is 9.18 Å². The lowest BCUT2D eigenvalue weighted by atomic mass is 10.0. The molecule has 1 unspecified atom stereocenters. The van der Waals surface area contributed by atoms with Crippen LogP contribution in [-0.4, -0.2) is 11.9 Å². The number of nitrogens with two attached hydrogens (primary N) is 1. The van der Waals surface area contributed by atoms with Gasteiger partial charge in [-0.3, -0.25) is 4.79 Å². The number of rotatable bonds is 5. The molecule has 20 heavy (non-hydrogen) atoms. The van der Waals surface area contributed by atoms with E-state index < -0.39 is 0 Å². The summed E-state index contributed by atoms with van der Waals surface area (Å²) in [4.78, 5) is 10.9. The maximum atomic E-state index is 13.7. The SMILES string of the molecule is CC(NCc1ccc(-c2ccccc2F)cc1)C(N)=O. The van der Waals surface area contributed by atoms with Gasteiger partial charge in [0.25, 0.3) is 0 Å². The third kappa shape index (κ3) is 3.42. The maximum absolute atomic E-state index is 13.7. The molecule has 0 bridgehead atoms. The number of primary amides is 1. The molecule has 4 heteroatoms. The van der Waals surface area contributed by atoms with Gasteiger partial charge in [-0.15, -0.1) is 0 Å². The van der Waals surface area contributed by atoms with Gasteiger partial charge in [0.1, 0.15) is 5.82 Å². The third-order valence-corrected chi connectivity index (χ3v) is 3.18. The zero-order valence-electron chi connectivity index (χ0n) is 11.3. The lowest BCUT2D eigenvalue weighted by Crippen LogP contribution is -2.38. The number of carbonyl (C=O) groups excluding carboxylic acids is 1. The van der Waals surface area contributed by atoms with Gasteiger partial charge >= 0.3 is 0 Å². The van der Waals surface area contributed by atoms with Crippen LogP contribution >= 0.6 is 0 Å². The van der Waals surface area contributed by atoms with Crippen LogP contribution in [-0.2, 0) is 11.3 Å². The molecule has 0 aromatic heterocycles. The molecule has 3 nitrogen and oxygen atoms in total. The van der Waals surface area contributed by atoms with Crippen molar-refractivity contribution in [3.8, 4) is 11.1 Å². The molecule has 0 aliphatic heterocycles. The highest BCUT2D eigenvalue weighted by Gasteiger charge is 2.07. The molecule has 0 saturated heterocycles. The van der Waals surface area contributed by atoms with Crippen LogP contribution in [0.25, 0.3) is 11.1 Å². The number of hydrogen-bond acceptors (Lipinski definition) is 2. The van der Waals surface area contributed by atoms with Crippen molar-refractivity contribution >= 4 is 5.91 Å². The first kappa shape index (κ1) is 14.2. The second-order valence-electron chi connectivity index (χ2n) is 4.68. The Kier molecular flexibility index (Phi) is 4.48. The van der Waals surface area contributed by atoms with E-state index in [9.17, 15) is 9.18 Å². The van der Waals surface area contributed by atoms with Crippen LogP contribution in [0.5, 0.6) is 0 Å². The molecule has 0 fully saturated rings. The summed E-state index contributed by atoms with van der Waals surface area (Å²) in [7, 11) is 0. The second kappa shape index (κ2) is 6.30. The Morgan fingerprint density at radius 3 is 2.45 bits per heavy atom. The van der Waals surface area contributed by atoms with Gasteiger partial charge in [0.15, 0.2) is 0 Å². The summed E-state index contributed by atoms with van der Waals surface area (Å²) in [6.45, 7) is 2.26. The Balaban J connectivity index is 2.07. The standard InChI is InChI=1S/C16H17FN2O/c1-11(16(18)20)19-10-12-6-8-13(9-7-12)14-4-2-3-5-15(14)17/h2-9,11,19H,10H2,1H3,(H2,18,20). The van der Waals surface area contributed by atoms with Gasteiger partial charge in [-0.05, 0) is 24.1 Å². The molecule has 0 radical (unpaired) electrons. The summed E-state index contributed by atoms with van der Waals surface area (Å²) in [6, 6.07) is 13.8. The lowest BCUT2D eigenvalue weighted by molar-refractivity contribution is -0.119. The predicted molar refractivity (Wildman–Crippen MR) is 77.3 cm³/mol. The first-order chi connectivity index (χ1) is 9.58. The Morgan fingerprint density at radius 2 is 1.85 bits per heavy atom. The van der Waals surface area contributed by atoms with Crippen LogP contribution in [0.4, 0.5) is 4.39 Å². The molecule has 2 aromatic rings. The fourth-order valence-electron chi connectivity index (χ4n) is 1.87. The molecule has 0 saturated carbocycles. The third-order valence-electron chi connectivity index (χ3n) is 3.18. The largest absolute Gasteiger partial charge is 0.368 e. The van der Waals surface area contributed by atoms with Crippen molar-refractivity contribution in [3.63, 3.8) is 0 Å². The van der Waals surface area contributed by atoms with Crippen LogP contribution < -0.4 is 11.1 Å². The number of nitrogens with one attached hydrogen (secondary N) is 1. The molecule has 1 atom stereocenters. The number of hydrogen-bond donors (Lipinski definition) is 2. The highest BCUT2D eigenvalue weighted by atomic mass is 19.1. The summed E-state index contributed by atoms with van der Waals surface area (Å²) >= 11 is 0. The Morgan fingerprint density at radius 1 is 1.20 bits per heavy atom. The molecule has 0 aliphatic rings. The van der Waals surface area contributed by atoms with E-state index in [2.05, 4.69) is 5.32 Å². The molecule has 3 N–H and O–H groups in total. The van der Waals surface area contributed by atoms with E-state index in [1.54, 1.807) is 19.1 Å². The van der Waals surface area contributed by atoms with E-state index in [0.29, 0.717) is 12.1 Å². The topological polar surface area (TPSA) is 55.1 Å². The molecule has 0 spiro atoms. The summed E-state index contributed by atoms with van der Waals surface area (Å²) in [5, 5.41) is 3.02. The molecule has 1 amide bonds. The highest BCUT2D eigenvalue weighted by Crippen LogP contribution is 2.22. The first-order valence-electron chi connectivity index (χ1n) is 6.44. The summed E-state index contributed by atoms with van der Waals surface area (Å²) in [5.74, 6) is -0.617. The Bertz CT molecular complexity index is 596. The van der Waals surface area contributed by atoms with Gasteiger partial charge in [0.2, 0.25) is 5.91 Å². The van der Waals surface area contributed by atoms with Crippen LogP contribution in [0.2, 0.25) is 0 Å². The molecule has 104 valence electrons. The number of amides is 1. The molecule has 0 aliphatic carbocycles. The van der Waals surface area contributed by atoms with Gasteiger partial charge in [-0.1, -0.05) is 42.5 Å². The van der Waals surface area contributed by atoms with Crippen molar-refractivity contribution in [1.82, 2.24) is 5.32 Å². The molecule has 2 aromatic carbocycles. The van der Waals surface area contributed by atoms with Crippen molar-refractivity contribution in [3.05, 3.63) is 59.9 Å². The van der Waals surface area contributed by atoms with E-state index in [4.69, 9.17) is 5.73 Å². The van der Waals surface area contributed by atoms with Gasteiger partial charge in [-0.25, -0.2) is 4.39 Å². The minimum atomic E-state index is -0.382. The minimum Gasteiger partial charge on any atom is -0.368 e. The average molecular weight is 272 g/mol. The monoisotopic (exact) mass is 272 g/mol. The number of halogens is 1. The fraction of sp³-hybridized carbons (Fsp3) is 0.188. The van der Waals surface area contributed by atoms with Crippen molar-refractivity contribution in [2.75, 3.05) is 0 Å². The maximum Gasteiger partial charge on any atom is 0.234 e. The number of benzene rings is 2. The summed E-state index contributed by atoms with van der Waals surface area (Å²) < 4.78 is 13.7. The van der Waals surface area contributed by atoms with Gasteiger partial charge in [-0.2, -0.15) is 0 Å².